The van der Waals surface area contributed by atoms with E-state index < -0.39 is 5.60 Å². The Morgan fingerprint density at radius 2 is 2.25 bits per heavy atom. The highest BCUT2D eigenvalue weighted by atomic mass is 35.5. The number of hydrogen-bond acceptors (Lipinski definition) is 1. The molecule has 1 aliphatic carbocycles. The number of rotatable bonds is 2. The quantitative estimate of drug-likeness (QED) is 0.777. The van der Waals surface area contributed by atoms with E-state index in [1.807, 2.05) is 31.2 Å². The van der Waals surface area contributed by atoms with Gasteiger partial charge in [0.05, 0.1) is 5.60 Å². The summed E-state index contributed by atoms with van der Waals surface area (Å²) in [6.45, 7) is 2.02. The summed E-state index contributed by atoms with van der Waals surface area (Å²) in [7, 11) is 0. The maximum Gasteiger partial charge on any atom is 0.0868 e. The Bertz CT molecular complexity index is 411. The second kappa shape index (κ2) is 4.60. The number of aliphatic hydroxyl groups is 1. The second-order valence-corrected chi connectivity index (χ2v) is 5.08. The molecule has 1 nitrogen and oxygen atoms in total. The van der Waals surface area contributed by atoms with Gasteiger partial charge in [0.2, 0.25) is 0 Å². The highest BCUT2D eigenvalue weighted by Crippen LogP contribution is 2.29. The average Bonchev–Trinajstić information content (AvgIpc) is 2.23. The lowest BCUT2D eigenvalue weighted by Crippen LogP contribution is -2.30. The summed E-state index contributed by atoms with van der Waals surface area (Å²) in [6.07, 6.45) is 7.55. The van der Waals surface area contributed by atoms with Crippen molar-refractivity contribution in [2.75, 3.05) is 0 Å². The largest absolute Gasteiger partial charge is 0.385 e. The van der Waals surface area contributed by atoms with Gasteiger partial charge in [-0.1, -0.05) is 35.9 Å². The van der Waals surface area contributed by atoms with E-state index in [9.17, 15) is 5.11 Å². The summed E-state index contributed by atoms with van der Waals surface area (Å²) in [4.78, 5) is 0. The molecule has 1 N–H and O–H groups in total. The predicted molar refractivity (Wildman–Crippen MR) is 67.8 cm³/mol. The zero-order valence-corrected chi connectivity index (χ0v) is 10.3. The molecule has 1 unspecified atom stereocenters. The Morgan fingerprint density at radius 3 is 2.88 bits per heavy atom. The minimum atomic E-state index is -0.697. The van der Waals surface area contributed by atoms with Crippen LogP contribution in [-0.2, 0) is 6.42 Å². The van der Waals surface area contributed by atoms with Gasteiger partial charge in [0, 0.05) is 11.4 Å². The van der Waals surface area contributed by atoms with Crippen LogP contribution in [0.1, 0.15) is 30.4 Å². The molecule has 0 aliphatic heterocycles. The van der Waals surface area contributed by atoms with Gasteiger partial charge in [-0.2, -0.15) is 0 Å². The molecule has 0 saturated carbocycles. The van der Waals surface area contributed by atoms with Crippen molar-refractivity contribution in [2.45, 2.75) is 38.2 Å². The fourth-order valence-electron chi connectivity index (χ4n) is 2.18. The molecule has 0 spiro atoms. The predicted octanol–water partition coefficient (Wildman–Crippen LogP) is 3.66. The first-order valence-electron chi connectivity index (χ1n) is 5.74. The van der Waals surface area contributed by atoms with Crippen molar-refractivity contribution in [1.82, 2.24) is 0 Å². The van der Waals surface area contributed by atoms with Gasteiger partial charge in [-0.05, 0) is 43.4 Å². The molecular weight excluding hydrogens is 220 g/mol. The molecule has 86 valence electrons. The van der Waals surface area contributed by atoms with Gasteiger partial charge >= 0.3 is 0 Å². The van der Waals surface area contributed by atoms with Crippen molar-refractivity contribution in [3.63, 3.8) is 0 Å². The topological polar surface area (TPSA) is 20.2 Å². The van der Waals surface area contributed by atoms with Crippen LogP contribution < -0.4 is 0 Å². The van der Waals surface area contributed by atoms with Crippen molar-refractivity contribution in [1.29, 1.82) is 0 Å². The summed E-state index contributed by atoms with van der Waals surface area (Å²) in [5, 5.41) is 11.1. The molecule has 0 radical (unpaired) electrons. The van der Waals surface area contributed by atoms with E-state index in [1.54, 1.807) is 0 Å². The smallest absolute Gasteiger partial charge is 0.0868 e. The van der Waals surface area contributed by atoms with Gasteiger partial charge in [-0.25, -0.2) is 0 Å². The number of allylic oxidation sites excluding steroid dienone is 1. The second-order valence-electron chi connectivity index (χ2n) is 4.67. The summed E-state index contributed by atoms with van der Waals surface area (Å²) < 4.78 is 0. The summed E-state index contributed by atoms with van der Waals surface area (Å²) in [5.74, 6) is 0. The molecule has 0 fully saturated rings. The zero-order chi connectivity index (χ0) is 11.6. The highest BCUT2D eigenvalue weighted by molar-refractivity contribution is 6.31. The average molecular weight is 237 g/mol. The van der Waals surface area contributed by atoms with Crippen molar-refractivity contribution in [3.05, 3.63) is 46.5 Å². The Morgan fingerprint density at radius 1 is 1.44 bits per heavy atom. The molecule has 0 saturated heterocycles. The third-order valence-electron chi connectivity index (χ3n) is 3.11. The first-order valence-corrected chi connectivity index (χ1v) is 6.12. The van der Waals surface area contributed by atoms with E-state index in [2.05, 4.69) is 6.08 Å². The molecule has 0 heterocycles. The molecule has 2 rings (SSSR count). The molecule has 1 atom stereocenters. The maximum atomic E-state index is 10.4. The van der Waals surface area contributed by atoms with Crippen molar-refractivity contribution < 1.29 is 5.11 Å². The molecule has 1 aliphatic rings. The van der Waals surface area contributed by atoms with Crippen molar-refractivity contribution in [3.8, 4) is 0 Å². The van der Waals surface area contributed by atoms with Crippen LogP contribution in [0.3, 0.4) is 0 Å². The summed E-state index contributed by atoms with van der Waals surface area (Å²) in [5.41, 5.74) is 1.48. The van der Waals surface area contributed by atoms with Crippen molar-refractivity contribution >= 4 is 11.6 Å². The van der Waals surface area contributed by atoms with Crippen LogP contribution in [-0.4, -0.2) is 10.7 Å². The third kappa shape index (κ3) is 2.66. The normalized spacial score (nSPS) is 24.7. The van der Waals surface area contributed by atoms with Crippen LogP contribution in [0.5, 0.6) is 0 Å². The van der Waals surface area contributed by atoms with Crippen LogP contribution in [0.25, 0.3) is 0 Å². The van der Waals surface area contributed by atoms with Gasteiger partial charge in [0.15, 0.2) is 0 Å². The molecule has 1 aromatic rings. The lowest BCUT2D eigenvalue weighted by Gasteiger charge is -2.28. The van der Waals surface area contributed by atoms with Crippen LogP contribution in [0, 0.1) is 6.92 Å². The maximum absolute atomic E-state index is 10.4. The minimum Gasteiger partial charge on any atom is -0.385 e. The van der Waals surface area contributed by atoms with Gasteiger partial charge in [0.25, 0.3) is 0 Å². The van der Waals surface area contributed by atoms with E-state index in [1.165, 1.54) is 0 Å². The van der Waals surface area contributed by atoms with E-state index in [0.717, 1.165) is 35.4 Å². The van der Waals surface area contributed by atoms with Crippen molar-refractivity contribution in [2.24, 2.45) is 0 Å². The van der Waals surface area contributed by atoms with E-state index >= 15 is 0 Å². The molecule has 0 aromatic heterocycles. The Hall–Kier alpha value is -0.790. The Balaban J connectivity index is 2.20. The summed E-state index contributed by atoms with van der Waals surface area (Å²) >= 11 is 6.18. The number of aryl methyl sites for hydroxylation is 1. The van der Waals surface area contributed by atoms with Gasteiger partial charge < -0.3 is 5.11 Å². The molecule has 0 bridgehead atoms. The van der Waals surface area contributed by atoms with Crippen LogP contribution >= 0.6 is 11.6 Å². The summed E-state index contributed by atoms with van der Waals surface area (Å²) in [6, 6.07) is 6.00. The minimum absolute atomic E-state index is 0.614. The zero-order valence-electron chi connectivity index (χ0n) is 9.54. The van der Waals surface area contributed by atoms with E-state index in [0.29, 0.717) is 6.42 Å². The highest BCUT2D eigenvalue weighted by Gasteiger charge is 2.26. The monoisotopic (exact) mass is 236 g/mol. The van der Waals surface area contributed by atoms with Gasteiger partial charge in [-0.3, -0.25) is 0 Å². The first kappa shape index (κ1) is 11.7. The van der Waals surface area contributed by atoms with E-state index in [-0.39, 0.29) is 0 Å². The standard InChI is InChI=1S/C14H17ClO/c1-11-5-6-12(13(15)9-11)10-14(16)7-3-2-4-8-14/h3,5-7,9,16H,2,4,8,10H2,1H3. The number of halogens is 1. The fourth-order valence-corrected chi connectivity index (χ4v) is 2.49. The SMILES string of the molecule is Cc1ccc(CC2(O)C=CCCC2)c(Cl)c1. The molecular formula is C14H17ClO. The molecule has 0 amide bonds. The molecule has 2 heteroatoms. The van der Waals surface area contributed by atoms with Gasteiger partial charge in [-0.15, -0.1) is 0 Å². The van der Waals surface area contributed by atoms with E-state index in [4.69, 9.17) is 11.6 Å². The van der Waals surface area contributed by atoms with Gasteiger partial charge in [0.1, 0.15) is 0 Å². The van der Waals surface area contributed by atoms with Crippen LogP contribution in [0.2, 0.25) is 5.02 Å². The lowest BCUT2D eigenvalue weighted by atomic mass is 9.85. The molecule has 16 heavy (non-hydrogen) atoms. The van der Waals surface area contributed by atoms with Crippen LogP contribution in [0.15, 0.2) is 30.4 Å². The number of hydrogen-bond donors (Lipinski definition) is 1. The lowest BCUT2D eigenvalue weighted by molar-refractivity contribution is 0.0751. The Kier molecular flexibility index (Phi) is 3.36. The molecule has 1 aromatic carbocycles. The fraction of sp³-hybridized carbons (Fsp3) is 0.429. The number of benzene rings is 1. The Labute approximate surface area is 102 Å². The van der Waals surface area contributed by atoms with Crippen LogP contribution in [0.4, 0.5) is 0 Å². The third-order valence-corrected chi connectivity index (χ3v) is 3.47. The first-order chi connectivity index (χ1) is 7.59.